The van der Waals surface area contributed by atoms with E-state index in [1.165, 1.54) is 6.33 Å². The van der Waals surface area contributed by atoms with Crippen LogP contribution in [0.4, 0.5) is 5.69 Å². The van der Waals surface area contributed by atoms with Crippen molar-refractivity contribution in [3.05, 3.63) is 16.7 Å². The Bertz CT molecular complexity index is 343. The van der Waals surface area contributed by atoms with E-state index < -0.39 is 0 Å². The van der Waals surface area contributed by atoms with Crippen molar-refractivity contribution in [1.82, 2.24) is 9.97 Å². The van der Waals surface area contributed by atoms with Crippen molar-refractivity contribution in [2.24, 2.45) is 0 Å². The van der Waals surface area contributed by atoms with E-state index >= 15 is 0 Å². The molecular weight excluding hydrogens is 158 g/mol. The van der Waals surface area contributed by atoms with Crippen molar-refractivity contribution in [2.75, 3.05) is 5.32 Å². The Morgan fingerprint density at radius 3 is 3.00 bits per heavy atom. The van der Waals surface area contributed by atoms with Crippen LogP contribution in [0.2, 0.25) is 0 Å². The van der Waals surface area contributed by atoms with Crippen molar-refractivity contribution < 1.29 is 5.11 Å². The van der Waals surface area contributed by atoms with Crippen LogP contribution in [-0.2, 0) is 0 Å². The fourth-order valence-corrected chi connectivity index (χ4v) is 0.952. The SMILES string of the molecule is O=c1[nH]cnc(O)c1NC1CC1. The Balaban J connectivity index is 2.32. The molecule has 1 saturated carbocycles. The largest absolute Gasteiger partial charge is 0.492 e. The summed E-state index contributed by atoms with van der Waals surface area (Å²) in [5.41, 5.74) is -0.144. The summed E-state index contributed by atoms with van der Waals surface area (Å²) in [6, 6.07) is 0.334. The molecule has 0 radical (unpaired) electrons. The number of H-pyrrole nitrogens is 1. The molecule has 1 aliphatic carbocycles. The summed E-state index contributed by atoms with van der Waals surface area (Å²) in [7, 11) is 0. The first-order valence-electron chi connectivity index (χ1n) is 3.80. The molecule has 0 aromatic carbocycles. The molecule has 1 fully saturated rings. The van der Waals surface area contributed by atoms with Gasteiger partial charge < -0.3 is 15.4 Å². The van der Waals surface area contributed by atoms with Crippen molar-refractivity contribution >= 4 is 5.69 Å². The van der Waals surface area contributed by atoms with Gasteiger partial charge in [0.05, 0.1) is 6.33 Å². The monoisotopic (exact) mass is 167 g/mol. The summed E-state index contributed by atoms with van der Waals surface area (Å²) in [5, 5.41) is 12.1. The third-order valence-electron chi connectivity index (χ3n) is 1.76. The summed E-state index contributed by atoms with van der Waals surface area (Å²) in [6.45, 7) is 0. The second-order valence-corrected chi connectivity index (χ2v) is 2.85. The van der Waals surface area contributed by atoms with E-state index in [9.17, 15) is 9.90 Å². The van der Waals surface area contributed by atoms with Gasteiger partial charge in [0.1, 0.15) is 0 Å². The number of nitrogens with one attached hydrogen (secondary N) is 2. The third-order valence-corrected chi connectivity index (χ3v) is 1.76. The summed E-state index contributed by atoms with van der Waals surface area (Å²) < 4.78 is 0. The lowest BCUT2D eigenvalue weighted by molar-refractivity contribution is 0.453. The molecule has 0 unspecified atom stereocenters. The average Bonchev–Trinajstić information content (AvgIpc) is 2.80. The molecule has 1 aromatic rings. The normalized spacial score (nSPS) is 16.0. The van der Waals surface area contributed by atoms with Crippen molar-refractivity contribution in [3.8, 4) is 5.88 Å². The highest BCUT2D eigenvalue weighted by Crippen LogP contribution is 2.25. The van der Waals surface area contributed by atoms with E-state index in [0.29, 0.717) is 6.04 Å². The summed E-state index contributed by atoms with van der Waals surface area (Å²) >= 11 is 0. The summed E-state index contributed by atoms with van der Waals surface area (Å²) in [6.07, 6.45) is 3.28. The van der Waals surface area contributed by atoms with Gasteiger partial charge in [0.25, 0.3) is 5.56 Å². The maximum absolute atomic E-state index is 11.1. The number of aromatic hydroxyl groups is 1. The smallest absolute Gasteiger partial charge is 0.278 e. The van der Waals surface area contributed by atoms with Crippen molar-refractivity contribution in [1.29, 1.82) is 0 Å². The highest BCUT2D eigenvalue weighted by atomic mass is 16.3. The summed E-state index contributed by atoms with van der Waals surface area (Å²) in [5.74, 6) is -0.231. The molecule has 2 rings (SSSR count). The molecule has 1 aromatic heterocycles. The van der Waals surface area contributed by atoms with E-state index in [-0.39, 0.29) is 17.1 Å². The first-order chi connectivity index (χ1) is 5.77. The van der Waals surface area contributed by atoms with Crippen LogP contribution in [0.15, 0.2) is 11.1 Å². The number of nitrogens with zero attached hydrogens (tertiary/aromatic N) is 1. The lowest BCUT2D eigenvalue weighted by Crippen LogP contribution is -2.15. The zero-order chi connectivity index (χ0) is 8.55. The lowest BCUT2D eigenvalue weighted by atomic mass is 10.4. The predicted octanol–water partition coefficient (Wildman–Crippen LogP) is 0.0498. The molecule has 64 valence electrons. The molecule has 0 amide bonds. The van der Waals surface area contributed by atoms with Gasteiger partial charge in [-0.05, 0) is 12.8 Å². The Hall–Kier alpha value is -1.52. The number of aromatic nitrogens is 2. The van der Waals surface area contributed by atoms with Gasteiger partial charge in [-0.2, -0.15) is 0 Å². The fraction of sp³-hybridized carbons (Fsp3) is 0.429. The zero-order valence-corrected chi connectivity index (χ0v) is 6.37. The van der Waals surface area contributed by atoms with Gasteiger partial charge >= 0.3 is 0 Å². The fourth-order valence-electron chi connectivity index (χ4n) is 0.952. The molecule has 3 N–H and O–H groups in total. The zero-order valence-electron chi connectivity index (χ0n) is 6.37. The van der Waals surface area contributed by atoms with E-state index in [1.807, 2.05) is 0 Å². The molecule has 12 heavy (non-hydrogen) atoms. The van der Waals surface area contributed by atoms with Crippen LogP contribution in [0.25, 0.3) is 0 Å². The average molecular weight is 167 g/mol. The Morgan fingerprint density at radius 1 is 1.67 bits per heavy atom. The number of hydrogen-bond donors (Lipinski definition) is 3. The maximum Gasteiger partial charge on any atom is 0.278 e. The molecule has 0 atom stereocenters. The minimum atomic E-state index is -0.325. The van der Waals surface area contributed by atoms with Gasteiger partial charge in [0.2, 0.25) is 5.88 Å². The highest BCUT2D eigenvalue weighted by molar-refractivity contribution is 5.50. The number of aromatic amines is 1. The van der Waals surface area contributed by atoms with Crippen molar-refractivity contribution in [2.45, 2.75) is 18.9 Å². The maximum atomic E-state index is 11.1. The van der Waals surface area contributed by atoms with Gasteiger partial charge in [-0.25, -0.2) is 4.98 Å². The second kappa shape index (κ2) is 2.51. The third kappa shape index (κ3) is 1.25. The predicted molar refractivity (Wildman–Crippen MR) is 43.2 cm³/mol. The molecule has 1 aliphatic rings. The van der Waals surface area contributed by atoms with Crippen LogP contribution in [0.1, 0.15) is 12.8 Å². The quantitative estimate of drug-likeness (QED) is 0.581. The lowest BCUT2D eigenvalue weighted by Gasteiger charge is -2.02. The van der Waals surface area contributed by atoms with Gasteiger partial charge in [0.15, 0.2) is 5.69 Å². The van der Waals surface area contributed by atoms with Crippen LogP contribution >= 0.6 is 0 Å². The van der Waals surface area contributed by atoms with E-state index in [2.05, 4.69) is 15.3 Å². The van der Waals surface area contributed by atoms with Crippen molar-refractivity contribution in [3.63, 3.8) is 0 Å². The Kier molecular flexibility index (Phi) is 1.49. The van der Waals surface area contributed by atoms with Gasteiger partial charge in [-0.1, -0.05) is 0 Å². The first kappa shape index (κ1) is 7.15. The van der Waals surface area contributed by atoms with Crippen LogP contribution in [0, 0.1) is 0 Å². The number of hydrogen-bond acceptors (Lipinski definition) is 4. The molecule has 0 spiro atoms. The van der Waals surface area contributed by atoms with Gasteiger partial charge in [-0.3, -0.25) is 4.79 Å². The Morgan fingerprint density at radius 2 is 2.42 bits per heavy atom. The number of anilines is 1. The Labute approximate surface area is 68.5 Å². The molecule has 0 bridgehead atoms. The summed E-state index contributed by atoms with van der Waals surface area (Å²) in [4.78, 5) is 17.0. The minimum absolute atomic E-state index is 0.181. The molecular formula is C7H9N3O2. The van der Waals surface area contributed by atoms with Crippen LogP contribution in [-0.4, -0.2) is 21.1 Å². The van der Waals surface area contributed by atoms with Crippen LogP contribution in [0.5, 0.6) is 5.88 Å². The van der Waals surface area contributed by atoms with E-state index in [4.69, 9.17) is 0 Å². The molecule has 1 heterocycles. The van der Waals surface area contributed by atoms with Crippen LogP contribution < -0.4 is 10.9 Å². The molecule has 5 nitrogen and oxygen atoms in total. The topological polar surface area (TPSA) is 78.0 Å². The van der Waals surface area contributed by atoms with Gasteiger partial charge in [0, 0.05) is 6.04 Å². The van der Waals surface area contributed by atoms with E-state index in [0.717, 1.165) is 12.8 Å². The second-order valence-electron chi connectivity index (χ2n) is 2.85. The molecule has 0 aliphatic heterocycles. The molecule has 0 saturated heterocycles. The highest BCUT2D eigenvalue weighted by Gasteiger charge is 2.23. The standard InChI is InChI=1S/C7H9N3O2/c11-6-5(10-4-1-2-4)7(12)9-3-8-6/h3-4,10H,1-2H2,(H2,8,9,11,12). The molecule has 5 heteroatoms. The first-order valence-corrected chi connectivity index (χ1v) is 3.80. The number of rotatable bonds is 2. The van der Waals surface area contributed by atoms with Gasteiger partial charge in [-0.15, -0.1) is 0 Å². The minimum Gasteiger partial charge on any atom is -0.492 e. The van der Waals surface area contributed by atoms with E-state index in [1.54, 1.807) is 0 Å². The van der Waals surface area contributed by atoms with Crippen LogP contribution in [0.3, 0.4) is 0 Å².